The molecule has 0 spiro atoms. The highest BCUT2D eigenvalue weighted by Crippen LogP contribution is 2.62. The number of hydrogen-bond acceptors (Lipinski definition) is 0. The largest absolute Gasteiger partial charge is 0.453 e. The molecule has 0 aliphatic rings. The Bertz CT molecular complexity index is 580. The van der Waals surface area contributed by atoms with E-state index < -0.39 is 60.5 Å². The molecule has 0 aromatic heterocycles. The Hall–Kier alpha value is -1.33. The van der Waals surface area contributed by atoms with Crippen molar-refractivity contribution in [2.45, 2.75) is 54.1 Å². The summed E-state index contributed by atoms with van der Waals surface area (Å²) >= 11 is 0. The second-order valence-electron chi connectivity index (χ2n) is 5.22. The van der Waals surface area contributed by atoms with Crippen molar-refractivity contribution in [3.05, 3.63) is 6.43 Å². The first-order valence-electron chi connectivity index (χ1n) is 6.05. The highest BCUT2D eigenvalue weighted by Gasteiger charge is 2.92. The predicted molar refractivity (Wildman–Crippen MR) is 50.8 cm³/mol. The lowest BCUT2D eigenvalue weighted by Crippen LogP contribution is -2.71. The van der Waals surface area contributed by atoms with Crippen LogP contribution in [-0.2, 0) is 0 Å². The second-order valence-corrected chi connectivity index (χ2v) is 5.22. The molecule has 1 radical (unpaired) electrons. The standard InChI is InChI=1S/C10H2F19/c11-2(12)5(17,18)7(21,22)9(25,26)8(23,24)6(19,20)3(13,14)1-4(15,16)10(27,28)29/h1H2. The van der Waals surface area contributed by atoms with Crippen molar-refractivity contribution in [1.82, 2.24) is 0 Å². The van der Waals surface area contributed by atoms with Gasteiger partial charge < -0.3 is 0 Å². The van der Waals surface area contributed by atoms with E-state index in [1.54, 1.807) is 0 Å². The van der Waals surface area contributed by atoms with E-state index in [0.29, 0.717) is 0 Å². The van der Waals surface area contributed by atoms with E-state index >= 15 is 0 Å². The topological polar surface area (TPSA) is 0 Å². The van der Waals surface area contributed by atoms with E-state index in [1.165, 1.54) is 0 Å². The van der Waals surface area contributed by atoms with Gasteiger partial charge >= 0.3 is 54.1 Å². The van der Waals surface area contributed by atoms with Gasteiger partial charge in [0.2, 0.25) is 0 Å². The zero-order valence-corrected chi connectivity index (χ0v) is 12.4. The summed E-state index contributed by atoms with van der Waals surface area (Å²) in [7, 11) is 0. The van der Waals surface area contributed by atoms with Crippen LogP contribution in [-0.4, -0.2) is 47.6 Å². The molecule has 0 rings (SSSR count). The van der Waals surface area contributed by atoms with Crippen LogP contribution in [0.25, 0.3) is 0 Å². The van der Waals surface area contributed by atoms with E-state index in [4.69, 9.17) is 0 Å². The van der Waals surface area contributed by atoms with Gasteiger partial charge in [-0.05, 0) is 0 Å². The lowest BCUT2D eigenvalue weighted by molar-refractivity contribution is -0.432. The summed E-state index contributed by atoms with van der Waals surface area (Å²) in [6, 6.07) is 0. The van der Waals surface area contributed by atoms with Gasteiger partial charge in [-0.1, -0.05) is 0 Å². The zero-order valence-electron chi connectivity index (χ0n) is 12.4. The van der Waals surface area contributed by atoms with Crippen LogP contribution >= 0.6 is 0 Å². The van der Waals surface area contributed by atoms with E-state index in [-0.39, 0.29) is 0 Å². The van der Waals surface area contributed by atoms with Crippen LogP contribution in [0.15, 0.2) is 0 Å². The van der Waals surface area contributed by atoms with E-state index in [9.17, 15) is 83.4 Å². The molecule has 0 saturated carbocycles. The minimum atomic E-state index is -8.55. The third-order valence-electron chi connectivity index (χ3n) is 3.13. The molecular formula is C10H2F19. The maximum Gasteiger partial charge on any atom is 0.453 e. The summed E-state index contributed by atoms with van der Waals surface area (Å²) in [6.45, 7) is 0. The molecule has 0 aromatic rings. The molecule has 0 aromatic carbocycles. The first kappa shape index (κ1) is 27.7. The van der Waals surface area contributed by atoms with Crippen LogP contribution in [0.5, 0.6) is 0 Å². The quantitative estimate of drug-likeness (QED) is 0.333. The lowest BCUT2D eigenvalue weighted by atomic mass is 9.89. The summed E-state index contributed by atoms with van der Waals surface area (Å²) in [4.78, 5) is 0. The Morgan fingerprint density at radius 2 is 0.724 bits per heavy atom. The highest BCUT2D eigenvalue weighted by atomic mass is 19.4. The summed E-state index contributed by atoms with van der Waals surface area (Å²) in [5, 5.41) is 0. The fourth-order valence-corrected chi connectivity index (χ4v) is 1.43. The fourth-order valence-electron chi connectivity index (χ4n) is 1.43. The average molecular weight is 483 g/mol. The summed E-state index contributed by atoms with van der Waals surface area (Å²) < 4.78 is 238. The molecule has 0 atom stereocenters. The molecule has 19 heteroatoms. The smallest absolute Gasteiger partial charge is 0.199 e. The summed E-state index contributed by atoms with van der Waals surface area (Å²) in [6.07, 6.45) is -16.9. The average Bonchev–Trinajstić information content (AvgIpc) is 2.43. The molecule has 0 saturated heterocycles. The van der Waals surface area contributed by atoms with Gasteiger partial charge in [-0.25, -0.2) is 0 Å². The predicted octanol–water partition coefficient (Wildman–Crippen LogP) is 6.81. The van der Waals surface area contributed by atoms with Crippen LogP contribution < -0.4 is 0 Å². The van der Waals surface area contributed by atoms with Crippen molar-refractivity contribution in [3.8, 4) is 0 Å². The summed E-state index contributed by atoms with van der Waals surface area (Å²) in [5.74, 6) is -55.8. The first-order valence-corrected chi connectivity index (χ1v) is 6.05. The summed E-state index contributed by atoms with van der Waals surface area (Å²) in [5.41, 5.74) is 0. The number of rotatable bonds is 8. The number of alkyl halides is 17. The van der Waals surface area contributed by atoms with Gasteiger partial charge in [-0.2, -0.15) is 83.4 Å². The van der Waals surface area contributed by atoms with Crippen LogP contribution in [0, 0.1) is 6.43 Å². The van der Waals surface area contributed by atoms with Gasteiger partial charge in [0.05, 0.1) is 6.42 Å². The van der Waals surface area contributed by atoms with Gasteiger partial charge in [0, 0.05) is 0 Å². The van der Waals surface area contributed by atoms with Gasteiger partial charge in [0.25, 0.3) is 0 Å². The Morgan fingerprint density at radius 3 is 1.00 bits per heavy atom. The molecule has 175 valence electrons. The fraction of sp³-hybridized carbons (Fsp3) is 0.900. The maximum absolute atomic E-state index is 13.1. The van der Waals surface area contributed by atoms with Crippen LogP contribution in [0.4, 0.5) is 83.4 Å². The zero-order chi connectivity index (χ0) is 24.3. The van der Waals surface area contributed by atoms with Crippen molar-refractivity contribution in [1.29, 1.82) is 0 Å². The monoisotopic (exact) mass is 483 g/mol. The molecule has 0 amide bonds. The molecule has 0 N–H and O–H groups in total. The van der Waals surface area contributed by atoms with Gasteiger partial charge in [0.1, 0.15) is 0 Å². The molecular weight excluding hydrogens is 481 g/mol. The third-order valence-corrected chi connectivity index (χ3v) is 3.13. The van der Waals surface area contributed by atoms with E-state index in [0.717, 1.165) is 0 Å². The molecule has 0 nitrogen and oxygen atoms in total. The molecule has 0 fully saturated rings. The minimum Gasteiger partial charge on any atom is -0.199 e. The van der Waals surface area contributed by atoms with Crippen molar-refractivity contribution in [2.75, 3.05) is 0 Å². The van der Waals surface area contributed by atoms with E-state index in [1.807, 2.05) is 0 Å². The molecule has 0 bridgehead atoms. The van der Waals surface area contributed by atoms with Crippen molar-refractivity contribution >= 4 is 0 Å². The first-order chi connectivity index (χ1) is 12.2. The molecule has 29 heavy (non-hydrogen) atoms. The SMILES string of the molecule is F[C](F)C(F)(F)C(F)(F)C(F)(F)C(F)(F)C(F)(F)C(F)(F)CC(F)(F)C(F)(F)F. The second kappa shape index (κ2) is 6.84. The molecule has 0 heterocycles. The van der Waals surface area contributed by atoms with Crippen molar-refractivity contribution in [2.24, 2.45) is 0 Å². The Kier molecular flexibility index (Phi) is 6.53. The van der Waals surface area contributed by atoms with Gasteiger partial charge in [0.15, 0.2) is 0 Å². The molecule has 0 unspecified atom stereocenters. The van der Waals surface area contributed by atoms with Crippen LogP contribution in [0.2, 0.25) is 0 Å². The minimum absolute atomic E-state index is 4.71. The number of hydrogen-bond donors (Lipinski definition) is 0. The highest BCUT2D eigenvalue weighted by molar-refractivity contribution is 5.14. The normalized spacial score (nSPS) is 16.6. The van der Waals surface area contributed by atoms with Crippen molar-refractivity contribution in [3.63, 3.8) is 0 Å². The third kappa shape index (κ3) is 3.88. The van der Waals surface area contributed by atoms with Crippen LogP contribution in [0.3, 0.4) is 0 Å². The van der Waals surface area contributed by atoms with Crippen molar-refractivity contribution < 1.29 is 83.4 Å². The van der Waals surface area contributed by atoms with Gasteiger partial charge in [-0.3, -0.25) is 0 Å². The lowest BCUT2D eigenvalue weighted by Gasteiger charge is -2.41. The molecule has 0 aliphatic carbocycles. The number of halogens is 19. The Balaban J connectivity index is 6.46. The van der Waals surface area contributed by atoms with E-state index in [2.05, 4.69) is 0 Å². The van der Waals surface area contributed by atoms with Crippen LogP contribution in [0.1, 0.15) is 6.42 Å². The van der Waals surface area contributed by atoms with Gasteiger partial charge in [-0.15, -0.1) is 0 Å². The Labute approximate surface area is 145 Å². The molecule has 0 aliphatic heterocycles. The Morgan fingerprint density at radius 1 is 0.414 bits per heavy atom. The maximum atomic E-state index is 13.1.